The Morgan fingerprint density at radius 2 is 1.30 bits per heavy atom. The zero-order valence-corrected chi connectivity index (χ0v) is 18.4. The third kappa shape index (κ3) is 3.40. The van der Waals surface area contributed by atoms with Gasteiger partial charge in [0, 0.05) is 23.2 Å². The highest BCUT2D eigenvalue weighted by Crippen LogP contribution is 2.44. The molecular weight excluding hydrogens is 406 g/mol. The Hall–Kier alpha value is -4.18. The van der Waals surface area contributed by atoms with Crippen LogP contribution in [0.3, 0.4) is 0 Å². The molecule has 160 valence electrons. The van der Waals surface area contributed by atoms with Crippen molar-refractivity contribution in [2.24, 2.45) is 0 Å². The van der Waals surface area contributed by atoms with Crippen LogP contribution >= 0.6 is 0 Å². The monoisotopic (exact) mass is 429 g/mol. The van der Waals surface area contributed by atoms with Gasteiger partial charge in [-0.3, -0.25) is 9.97 Å². The molecule has 0 aliphatic heterocycles. The van der Waals surface area contributed by atoms with Crippen LogP contribution < -0.4 is 9.64 Å². The average molecular weight is 430 g/mol. The van der Waals surface area contributed by atoms with Gasteiger partial charge in [0.1, 0.15) is 5.75 Å². The fraction of sp³-hybridized carbons (Fsp3) is 0.103. The topological polar surface area (TPSA) is 38.2 Å². The van der Waals surface area contributed by atoms with E-state index in [9.17, 15) is 0 Å². The van der Waals surface area contributed by atoms with E-state index >= 15 is 0 Å². The molecule has 6 aromatic rings. The Morgan fingerprint density at radius 3 is 1.91 bits per heavy atom. The van der Waals surface area contributed by atoms with Crippen LogP contribution in [-0.2, 0) is 13.1 Å². The molecule has 2 heterocycles. The standard InChI is InChI=1S/C29H23N3O/c1-33-29-25-14-13-21-8-6-7-20-11-12-22(28(25)27(20)21)17-26(29)32(18-23-9-2-4-15-30-23)19-24-10-3-5-16-31-24/h2-17H,18-19H2,1H3. The molecular formula is C29H23N3O. The maximum Gasteiger partial charge on any atom is 0.150 e. The normalized spacial score (nSPS) is 11.4. The molecule has 0 saturated carbocycles. The van der Waals surface area contributed by atoms with Crippen molar-refractivity contribution in [1.29, 1.82) is 0 Å². The second-order valence-corrected chi connectivity index (χ2v) is 8.28. The number of methoxy groups -OCH3 is 1. The van der Waals surface area contributed by atoms with Crippen LogP contribution in [0.25, 0.3) is 32.3 Å². The number of hydrogen-bond acceptors (Lipinski definition) is 4. The number of pyridine rings is 2. The fourth-order valence-electron chi connectivity index (χ4n) is 4.82. The summed E-state index contributed by atoms with van der Waals surface area (Å²) in [5, 5.41) is 7.37. The molecule has 0 amide bonds. The average Bonchev–Trinajstić information content (AvgIpc) is 2.87. The van der Waals surface area contributed by atoms with Crippen molar-refractivity contribution in [3.05, 3.63) is 109 Å². The van der Waals surface area contributed by atoms with Gasteiger partial charge in [-0.05, 0) is 57.9 Å². The summed E-state index contributed by atoms with van der Waals surface area (Å²) in [6.45, 7) is 1.31. The first-order chi connectivity index (χ1) is 16.3. The van der Waals surface area contributed by atoms with Gasteiger partial charge >= 0.3 is 0 Å². The SMILES string of the molecule is COc1c(N(Cc2ccccn2)Cc2ccccn2)cc2ccc3cccc4ccc1c2c34. The summed E-state index contributed by atoms with van der Waals surface area (Å²) in [4.78, 5) is 11.5. The molecule has 0 saturated heterocycles. The minimum Gasteiger partial charge on any atom is -0.494 e. The van der Waals surface area contributed by atoms with Crippen molar-refractivity contribution in [2.75, 3.05) is 12.0 Å². The summed E-state index contributed by atoms with van der Waals surface area (Å²) in [5.41, 5.74) is 3.04. The number of rotatable bonds is 6. The van der Waals surface area contributed by atoms with Crippen LogP contribution in [0.15, 0.2) is 97.3 Å². The van der Waals surface area contributed by atoms with E-state index < -0.39 is 0 Å². The first-order valence-electron chi connectivity index (χ1n) is 11.1. The van der Waals surface area contributed by atoms with Crippen molar-refractivity contribution in [3.63, 3.8) is 0 Å². The molecule has 33 heavy (non-hydrogen) atoms. The lowest BCUT2D eigenvalue weighted by Crippen LogP contribution is -2.24. The largest absolute Gasteiger partial charge is 0.494 e. The molecule has 0 fully saturated rings. The molecule has 4 aromatic carbocycles. The Kier molecular flexibility index (Phi) is 4.76. The van der Waals surface area contributed by atoms with Crippen LogP contribution in [0.1, 0.15) is 11.4 Å². The number of benzene rings is 4. The van der Waals surface area contributed by atoms with E-state index in [0.717, 1.165) is 28.2 Å². The molecule has 0 radical (unpaired) electrons. The Balaban J connectivity index is 1.58. The predicted molar refractivity (Wildman–Crippen MR) is 135 cm³/mol. The summed E-state index contributed by atoms with van der Waals surface area (Å²) < 4.78 is 6.08. The lowest BCUT2D eigenvalue weighted by molar-refractivity contribution is 0.419. The Bertz CT molecular complexity index is 1490. The molecule has 0 aliphatic carbocycles. The van der Waals surface area contributed by atoms with Crippen LogP contribution in [-0.4, -0.2) is 17.1 Å². The van der Waals surface area contributed by atoms with Gasteiger partial charge in [-0.15, -0.1) is 0 Å². The van der Waals surface area contributed by atoms with Gasteiger partial charge in [-0.1, -0.05) is 48.5 Å². The smallest absolute Gasteiger partial charge is 0.150 e. The Morgan fingerprint density at radius 1 is 0.667 bits per heavy atom. The zero-order chi connectivity index (χ0) is 22.2. The summed E-state index contributed by atoms with van der Waals surface area (Å²) >= 11 is 0. The lowest BCUT2D eigenvalue weighted by atomic mass is 9.93. The minimum absolute atomic E-state index is 0.654. The van der Waals surface area contributed by atoms with Crippen LogP contribution in [0.4, 0.5) is 5.69 Å². The zero-order valence-electron chi connectivity index (χ0n) is 18.4. The van der Waals surface area contributed by atoms with Crippen LogP contribution in [0, 0.1) is 0 Å². The van der Waals surface area contributed by atoms with Crippen molar-refractivity contribution in [3.8, 4) is 5.75 Å². The molecule has 0 aliphatic rings. The summed E-state index contributed by atoms with van der Waals surface area (Å²) in [7, 11) is 1.76. The van der Waals surface area contributed by atoms with Gasteiger partial charge in [-0.25, -0.2) is 0 Å². The highest BCUT2D eigenvalue weighted by Gasteiger charge is 2.20. The third-order valence-corrected chi connectivity index (χ3v) is 6.28. The summed E-state index contributed by atoms with van der Waals surface area (Å²) in [6.07, 6.45) is 3.68. The van der Waals surface area contributed by atoms with Crippen molar-refractivity contribution in [1.82, 2.24) is 9.97 Å². The summed E-state index contributed by atoms with van der Waals surface area (Å²) in [5.74, 6) is 0.882. The third-order valence-electron chi connectivity index (χ3n) is 6.28. The lowest BCUT2D eigenvalue weighted by Gasteiger charge is -2.28. The van der Waals surface area contributed by atoms with E-state index in [1.54, 1.807) is 7.11 Å². The van der Waals surface area contributed by atoms with Crippen molar-refractivity contribution < 1.29 is 4.74 Å². The second kappa shape index (κ2) is 8.06. The van der Waals surface area contributed by atoms with Crippen LogP contribution in [0.5, 0.6) is 5.75 Å². The molecule has 2 aromatic heterocycles. The molecule has 0 unspecified atom stereocenters. The number of hydrogen-bond donors (Lipinski definition) is 0. The van der Waals surface area contributed by atoms with Crippen molar-refractivity contribution >= 4 is 38.0 Å². The number of nitrogens with zero attached hydrogens (tertiary/aromatic N) is 3. The number of ether oxygens (including phenoxy) is 1. The molecule has 4 nitrogen and oxygen atoms in total. The molecule has 0 spiro atoms. The quantitative estimate of drug-likeness (QED) is 0.280. The maximum absolute atomic E-state index is 6.08. The van der Waals surface area contributed by atoms with Gasteiger partial charge in [0.2, 0.25) is 0 Å². The fourth-order valence-corrected chi connectivity index (χ4v) is 4.82. The Labute approximate surface area is 192 Å². The number of anilines is 1. The van der Waals surface area contributed by atoms with Gasteiger partial charge in [0.05, 0.1) is 37.3 Å². The van der Waals surface area contributed by atoms with E-state index in [-0.39, 0.29) is 0 Å². The molecule has 4 heteroatoms. The molecule has 6 rings (SSSR count). The van der Waals surface area contributed by atoms with E-state index in [1.165, 1.54) is 26.9 Å². The molecule has 0 N–H and O–H groups in total. The van der Waals surface area contributed by atoms with Gasteiger partial charge in [0.15, 0.2) is 0 Å². The predicted octanol–water partition coefficient (Wildman–Crippen LogP) is 6.59. The van der Waals surface area contributed by atoms with Gasteiger partial charge in [-0.2, -0.15) is 0 Å². The highest BCUT2D eigenvalue weighted by molar-refractivity contribution is 6.25. The first-order valence-corrected chi connectivity index (χ1v) is 11.1. The molecule has 0 atom stereocenters. The number of aromatic nitrogens is 2. The van der Waals surface area contributed by atoms with Gasteiger partial charge < -0.3 is 9.64 Å². The molecule has 0 bridgehead atoms. The van der Waals surface area contributed by atoms with Crippen LogP contribution in [0.2, 0.25) is 0 Å². The summed E-state index contributed by atoms with van der Waals surface area (Å²) in [6, 6.07) is 29.6. The highest BCUT2D eigenvalue weighted by atomic mass is 16.5. The van der Waals surface area contributed by atoms with Crippen molar-refractivity contribution in [2.45, 2.75) is 13.1 Å². The van der Waals surface area contributed by atoms with E-state index in [1.807, 2.05) is 36.7 Å². The first kappa shape index (κ1) is 19.5. The second-order valence-electron chi connectivity index (χ2n) is 8.28. The van der Waals surface area contributed by atoms with E-state index in [4.69, 9.17) is 4.74 Å². The minimum atomic E-state index is 0.654. The van der Waals surface area contributed by atoms with Gasteiger partial charge in [0.25, 0.3) is 0 Å². The van der Waals surface area contributed by atoms with E-state index in [0.29, 0.717) is 13.1 Å². The maximum atomic E-state index is 6.08. The van der Waals surface area contributed by atoms with E-state index in [2.05, 4.69) is 75.5 Å².